The van der Waals surface area contributed by atoms with Crippen molar-refractivity contribution in [1.29, 1.82) is 5.26 Å². The van der Waals surface area contributed by atoms with Crippen molar-refractivity contribution in [3.8, 4) is 12.1 Å². The van der Waals surface area contributed by atoms with Crippen LogP contribution in [0.25, 0.3) is 0 Å². The smallest absolute Gasteiger partial charge is 0.419 e. The number of aromatic nitrogens is 3. The molecule has 3 aliphatic rings. The molecule has 12 heteroatoms. The van der Waals surface area contributed by atoms with Gasteiger partial charge in [-0.05, 0) is 38.9 Å². The minimum absolute atomic E-state index is 0.0205. The minimum Gasteiger partial charge on any atom is -0.462 e. The third kappa shape index (κ3) is 5.57. The van der Waals surface area contributed by atoms with Crippen LogP contribution in [0, 0.1) is 11.3 Å². The van der Waals surface area contributed by atoms with E-state index in [4.69, 9.17) is 14.7 Å². The van der Waals surface area contributed by atoms with Crippen LogP contribution in [0.4, 0.5) is 24.7 Å². The maximum Gasteiger partial charge on any atom is 0.419 e. The lowest BCUT2D eigenvalue weighted by Crippen LogP contribution is -2.51. The summed E-state index contributed by atoms with van der Waals surface area (Å²) < 4.78 is 47.2. The fraction of sp³-hybridized carbons (Fsp3) is 0.600. The van der Waals surface area contributed by atoms with Crippen LogP contribution >= 0.6 is 0 Å². The lowest BCUT2D eigenvalue weighted by atomic mass is 10.0. The fourth-order valence-corrected chi connectivity index (χ4v) is 5.43. The van der Waals surface area contributed by atoms with Crippen molar-refractivity contribution in [2.45, 2.75) is 50.5 Å². The summed E-state index contributed by atoms with van der Waals surface area (Å²) in [6.45, 7) is 4.14. The number of fused-ring (bicyclic) bond motifs is 1. The quantitative estimate of drug-likeness (QED) is 0.622. The van der Waals surface area contributed by atoms with Gasteiger partial charge in [-0.15, -0.1) is 0 Å². The van der Waals surface area contributed by atoms with Crippen LogP contribution in [0.5, 0.6) is 6.01 Å². The molecule has 0 amide bonds. The van der Waals surface area contributed by atoms with E-state index in [0.29, 0.717) is 51.3 Å². The highest BCUT2D eigenvalue weighted by Gasteiger charge is 2.37. The van der Waals surface area contributed by atoms with Crippen molar-refractivity contribution < 1.29 is 17.9 Å². The van der Waals surface area contributed by atoms with Crippen LogP contribution in [-0.2, 0) is 19.1 Å². The monoisotopic (exact) mass is 516 g/mol. The average molecular weight is 517 g/mol. The van der Waals surface area contributed by atoms with E-state index in [2.05, 4.69) is 33.2 Å². The second-order valence-corrected chi connectivity index (χ2v) is 9.86. The standard InChI is InChI=1S/C25H31F3N8O/c1-34-10-2-3-18(34)16-37-24-32-21-15-35(22-5-8-30-13-20(22)25(26,27)28)11-6-19(21)23(33-24)36-12-9-31-17(14-36)4-7-29/h5,8,13,17-18,31H,2-4,6,9-12,14-16H2,1H3. The number of nitriles is 1. The van der Waals surface area contributed by atoms with Gasteiger partial charge in [0.15, 0.2) is 0 Å². The summed E-state index contributed by atoms with van der Waals surface area (Å²) in [6, 6.07) is 4.18. The number of alkyl halides is 3. The van der Waals surface area contributed by atoms with E-state index in [0.717, 1.165) is 37.0 Å². The molecule has 9 nitrogen and oxygen atoms in total. The zero-order chi connectivity index (χ0) is 26.0. The molecule has 2 aromatic rings. The van der Waals surface area contributed by atoms with Crippen LogP contribution in [0.15, 0.2) is 18.5 Å². The maximum atomic E-state index is 13.7. The topological polar surface area (TPSA) is 93.4 Å². The molecule has 0 saturated carbocycles. The molecule has 0 bridgehead atoms. The van der Waals surface area contributed by atoms with Gasteiger partial charge in [0.1, 0.15) is 12.4 Å². The average Bonchev–Trinajstić information content (AvgIpc) is 3.31. The number of nitrogens with one attached hydrogen (secondary N) is 1. The van der Waals surface area contributed by atoms with Crippen LogP contribution in [0.1, 0.15) is 36.1 Å². The first kappa shape index (κ1) is 25.5. The Morgan fingerprint density at radius 3 is 2.84 bits per heavy atom. The van der Waals surface area contributed by atoms with Crippen molar-refractivity contribution >= 4 is 11.5 Å². The van der Waals surface area contributed by atoms with Crippen molar-refractivity contribution in [1.82, 2.24) is 25.2 Å². The van der Waals surface area contributed by atoms with Gasteiger partial charge >= 0.3 is 12.2 Å². The number of likely N-dealkylation sites (N-methyl/N-ethyl adjacent to an activating group) is 1. The molecule has 0 radical (unpaired) electrons. The molecule has 3 aliphatic heterocycles. The van der Waals surface area contributed by atoms with Gasteiger partial charge in [0, 0.05) is 56.2 Å². The van der Waals surface area contributed by atoms with Gasteiger partial charge in [0.2, 0.25) is 0 Å². The summed E-state index contributed by atoms with van der Waals surface area (Å²) in [6.07, 6.45) is 0.800. The molecule has 2 saturated heterocycles. The van der Waals surface area contributed by atoms with Gasteiger partial charge in [0.05, 0.1) is 36.0 Å². The van der Waals surface area contributed by atoms with Gasteiger partial charge in [-0.25, -0.2) is 0 Å². The predicted octanol–water partition coefficient (Wildman–Crippen LogP) is 2.62. The summed E-state index contributed by atoms with van der Waals surface area (Å²) >= 11 is 0. The molecule has 1 N–H and O–H groups in total. The van der Waals surface area contributed by atoms with E-state index in [9.17, 15) is 18.4 Å². The number of hydrogen-bond acceptors (Lipinski definition) is 9. The van der Waals surface area contributed by atoms with Crippen molar-refractivity contribution in [2.75, 3.05) is 56.2 Å². The van der Waals surface area contributed by atoms with E-state index in [-0.39, 0.29) is 30.3 Å². The number of ether oxygens (including phenoxy) is 1. The molecule has 198 valence electrons. The van der Waals surface area contributed by atoms with E-state index in [1.165, 1.54) is 12.3 Å². The van der Waals surface area contributed by atoms with E-state index in [1.54, 1.807) is 4.90 Å². The lowest BCUT2D eigenvalue weighted by Gasteiger charge is -2.37. The lowest BCUT2D eigenvalue weighted by molar-refractivity contribution is -0.137. The molecule has 37 heavy (non-hydrogen) atoms. The zero-order valence-corrected chi connectivity index (χ0v) is 20.8. The highest BCUT2D eigenvalue weighted by atomic mass is 19.4. The Hall–Kier alpha value is -3.17. The van der Waals surface area contributed by atoms with Crippen molar-refractivity contribution in [3.63, 3.8) is 0 Å². The molecule has 2 fully saturated rings. The Balaban J connectivity index is 1.46. The number of piperazine rings is 1. The largest absolute Gasteiger partial charge is 0.462 e. The third-order valence-electron chi connectivity index (χ3n) is 7.44. The van der Waals surface area contributed by atoms with Gasteiger partial charge in [-0.1, -0.05) is 0 Å². The Kier molecular flexibility index (Phi) is 7.35. The number of hydrogen-bond donors (Lipinski definition) is 1. The molecule has 2 aromatic heterocycles. The zero-order valence-electron chi connectivity index (χ0n) is 20.8. The van der Waals surface area contributed by atoms with Crippen molar-refractivity contribution in [2.24, 2.45) is 0 Å². The minimum atomic E-state index is -4.50. The van der Waals surface area contributed by atoms with Crippen LogP contribution < -0.4 is 19.9 Å². The number of rotatable bonds is 6. The Morgan fingerprint density at radius 1 is 1.22 bits per heavy atom. The summed E-state index contributed by atoms with van der Waals surface area (Å²) in [5, 5.41) is 12.5. The molecular weight excluding hydrogens is 485 g/mol. The predicted molar refractivity (Wildman–Crippen MR) is 131 cm³/mol. The van der Waals surface area contributed by atoms with Crippen LogP contribution in [-0.4, -0.2) is 78.3 Å². The normalized spacial score (nSPS) is 22.6. The summed E-state index contributed by atoms with van der Waals surface area (Å²) in [5.41, 5.74) is 0.947. The van der Waals surface area contributed by atoms with E-state index in [1.807, 2.05) is 0 Å². The molecule has 0 spiro atoms. The third-order valence-corrected chi connectivity index (χ3v) is 7.44. The number of pyridine rings is 1. The highest BCUT2D eigenvalue weighted by Crippen LogP contribution is 2.38. The number of anilines is 2. The summed E-state index contributed by atoms with van der Waals surface area (Å²) in [5.74, 6) is 0.759. The van der Waals surface area contributed by atoms with Gasteiger partial charge < -0.3 is 24.8 Å². The van der Waals surface area contributed by atoms with Crippen molar-refractivity contribution in [3.05, 3.63) is 35.3 Å². The van der Waals surface area contributed by atoms with E-state index >= 15 is 0 Å². The fourth-order valence-electron chi connectivity index (χ4n) is 5.43. The maximum absolute atomic E-state index is 13.7. The summed E-state index contributed by atoms with van der Waals surface area (Å²) in [4.78, 5) is 19.3. The van der Waals surface area contributed by atoms with Gasteiger partial charge in [-0.3, -0.25) is 4.98 Å². The molecule has 2 unspecified atom stereocenters. The van der Waals surface area contributed by atoms with Gasteiger partial charge in [-0.2, -0.15) is 28.4 Å². The first-order chi connectivity index (χ1) is 17.8. The second kappa shape index (κ2) is 10.7. The first-order valence-electron chi connectivity index (χ1n) is 12.7. The highest BCUT2D eigenvalue weighted by molar-refractivity contribution is 5.58. The van der Waals surface area contributed by atoms with E-state index < -0.39 is 11.7 Å². The molecule has 0 aromatic carbocycles. The second-order valence-electron chi connectivity index (χ2n) is 9.86. The molecule has 2 atom stereocenters. The molecule has 0 aliphatic carbocycles. The number of nitrogens with zero attached hydrogens (tertiary/aromatic N) is 7. The summed E-state index contributed by atoms with van der Waals surface area (Å²) in [7, 11) is 2.07. The Labute approximate surface area is 214 Å². The SMILES string of the molecule is CN1CCCC1COc1nc2c(c(N3CCNC(CC#N)C3)n1)CCN(c1ccncc1C(F)(F)F)C2. The number of likely N-dealkylation sites (tertiary alicyclic amines) is 1. The number of halogens is 3. The van der Waals surface area contributed by atoms with Gasteiger partial charge in [0.25, 0.3) is 0 Å². The Morgan fingerprint density at radius 2 is 2.08 bits per heavy atom. The molecular formula is C25H31F3N8O. The van der Waals surface area contributed by atoms with Crippen LogP contribution in [0.3, 0.4) is 0 Å². The molecule has 5 rings (SSSR count). The first-order valence-corrected chi connectivity index (χ1v) is 12.7. The van der Waals surface area contributed by atoms with Crippen LogP contribution in [0.2, 0.25) is 0 Å². The molecule has 5 heterocycles. The Bertz CT molecular complexity index is 1150.